The van der Waals surface area contributed by atoms with Crippen LogP contribution in [0.25, 0.3) is 0 Å². The summed E-state index contributed by atoms with van der Waals surface area (Å²) in [5.41, 5.74) is 0. The predicted molar refractivity (Wildman–Crippen MR) is 48.7 cm³/mol. The summed E-state index contributed by atoms with van der Waals surface area (Å²) in [7, 11) is 0. The summed E-state index contributed by atoms with van der Waals surface area (Å²) >= 11 is 0. The zero-order chi connectivity index (χ0) is 13.7. The lowest BCUT2D eigenvalue weighted by Gasteiger charge is -2.17. The van der Waals surface area contributed by atoms with E-state index in [0.29, 0.717) is 0 Å². The molecule has 0 heterocycles. The first-order chi connectivity index (χ1) is 8.40. The van der Waals surface area contributed by atoms with Crippen LogP contribution in [-0.4, -0.2) is 12.2 Å². The van der Waals surface area contributed by atoms with Gasteiger partial charge in [-0.25, -0.2) is 0 Å². The molecule has 1 aliphatic rings. The molecular formula is C10H6F6O2. The first-order valence-electron chi connectivity index (χ1n) is 4.51. The van der Waals surface area contributed by atoms with Gasteiger partial charge in [-0.1, -0.05) is 0 Å². The Hall–Kier alpha value is -1.86. The van der Waals surface area contributed by atoms with Gasteiger partial charge in [0.05, 0.1) is 0 Å². The molecule has 0 spiro atoms. The van der Waals surface area contributed by atoms with Gasteiger partial charge in [-0.15, -0.1) is 0 Å². The average Bonchev–Trinajstić information content (AvgIpc) is 2.31. The summed E-state index contributed by atoms with van der Waals surface area (Å²) < 4.78 is 79.8. The average molecular weight is 272 g/mol. The van der Waals surface area contributed by atoms with E-state index in [-0.39, 0.29) is 0 Å². The minimum atomic E-state index is -2.62. The van der Waals surface area contributed by atoms with Crippen LogP contribution in [0.1, 0.15) is 0 Å². The smallest absolute Gasteiger partial charge is 0.342 e. The Kier molecular flexibility index (Phi) is 4.87. The Bertz CT molecular complexity index is 366. The molecule has 0 unspecified atom stereocenters. The second-order valence-corrected chi connectivity index (χ2v) is 3.00. The summed E-state index contributed by atoms with van der Waals surface area (Å²) in [6, 6.07) is -4.09. The summed E-state index contributed by atoms with van der Waals surface area (Å²) in [6.07, 6.45) is -3.32. The van der Waals surface area contributed by atoms with Crippen LogP contribution in [0.4, 0.5) is 26.3 Å². The summed E-state index contributed by atoms with van der Waals surface area (Å²) in [5.74, 6) is 0. The summed E-state index contributed by atoms with van der Waals surface area (Å²) in [5, 5.41) is 0. The minimum absolute atomic E-state index is 1.05. The fraction of sp³-hybridized carbons (Fsp3) is 0.200. The molecule has 18 heavy (non-hydrogen) atoms. The Labute approximate surface area is 97.5 Å². The lowest BCUT2D eigenvalue weighted by Crippen LogP contribution is -2.15. The van der Waals surface area contributed by atoms with Gasteiger partial charge >= 0.3 is 24.2 Å². The van der Waals surface area contributed by atoms with E-state index in [1.807, 2.05) is 0 Å². The molecule has 0 aromatic carbocycles. The lowest BCUT2D eigenvalue weighted by atomic mass is 10.1. The zero-order valence-electron chi connectivity index (χ0n) is 8.55. The Morgan fingerprint density at radius 2 is 0.889 bits per heavy atom. The number of halogens is 6. The number of hydrogen-bond acceptors (Lipinski definition) is 2. The molecule has 0 aromatic heterocycles. The van der Waals surface area contributed by atoms with E-state index in [1.54, 1.807) is 0 Å². The van der Waals surface area contributed by atoms with Crippen molar-refractivity contribution in [1.29, 1.82) is 0 Å². The number of ether oxygens (including phenoxy) is 2. The first kappa shape index (κ1) is 14.2. The van der Waals surface area contributed by atoms with Gasteiger partial charge in [0.15, 0.2) is 0 Å². The van der Waals surface area contributed by atoms with Gasteiger partial charge in [-0.3, -0.25) is 0 Å². The third kappa shape index (κ3) is 4.19. The van der Waals surface area contributed by atoms with Crippen LogP contribution < -0.4 is 0 Å². The van der Waals surface area contributed by atoms with Gasteiger partial charge in [0, 0.05) is 0 Å². The number of rotatable bonds is 4. The normalized spacial score (nSPS) is 21.4. The fourth-order valence-corrected chi connectivity index (χ4v) is 1.05. The van der Waals surface area contributed by atoms with Crippen molar-refractivity contribution >= 4 is 0 Å². The molecule has 0 aliphatic heterocycles. The molecule has 8 heteroatoms. The molecule has 0 atom stereocenters. The van der Waals surface area contributed by atoms with Crippen LogP contribution in [-0.2, 0) is 9.47 Å². The SMILES string of the molecule is FC(F)=C(F)OC1C=CC(OC(F)=C(F)F)C=C1. The van der Waals surface area contributed by atoms with Crippen LogP contribution in [0.15, 0.2) is 48.5 Å². The second kappa shape index (κ2) is 6.18. The highest BCUT2D eigenvalue weighted by Gasteiger charge is 2.17. The highest BCUT2D eigenvalue weighted by Crippen LogP contribution is 2.20. The highest BCUT2D eigenvalue weighted by atomic mass is 19.3. The quantitative estimate of drug-likeness (QED) is 0.438. The Morgan fingerprint density at radius 1 is 0.611 bits per heavy atom. The molecule has 1 rings (SSSR count). The monoisotopic (exact) mass is 272 g/mol. The highest BCUT2D eigenvalue weighted by molar-refractivity contribution is 5.17. The number of hydrogen-bond donors (Lipinski definition) is 0. The van der Waals surface area contributed by atoms with E-state index in [2.05, 4.69) is 9.47 Å². The minimum Gasteiger partial charge on any atom is -0.455 e. The third-order valence-electron chi connectivity index (χ3n) is 1.76. The van der Waals surface area contributed by atoms with Crippen LogP contribution in [0.3, 0.4) is 0 Å². The molecule has 0 saturated heterocycles. The van der Waals surface area contributed by atoms with Crippen molar-refractivity contribution in [3.05, 3.63) is 48.5 Å². The molecule has 0 fully saturated rings. The van der Waals surface area contributed by atoms with Gasteiger partial charge in [0.1, 0.15) is 12.2 Å². The van der Waals surface area contributed by atoms with Gasteiger partial charge in [0.25, 0.3) is 0 Å². The molecule has 0 radical (unpaired) electrons. The fourth-order valence-electron chi connectivity index (χ4n) is 1.05. The first-order valence-corrected chi connectivity index (χ1v) is 4.51. The van der Waals surface area contributed by atoms with Crippen LogP contribution in [0.2, 0.25) is 0 Å². The van der Waals surface area contributed by atoms with E-state index in [0.717, 1.165) is 24.3 Å². The van der Waals surface area contributed by atoms with Crippen LogP contribution in [0, 0.1) is 0 Å². The van der Waals surface area contributed by atoms with E-state index >= 15 is 0 Å². The van der Waals surface area contributed by atoms with Crippen molar-refractivity contribution in [2.24, 2.45) is 0 Å². The molecule has 0 N–H and O–H groups in total. The van der Waals surface area contributed by atoms with E-state index in [1.165, 1.54) is 0 Å². The van der Waals surface area contributed by atoms with Gasteiger partial charge in [0.2, 0.25) is 0 Å². The van der Waals surface area contributed by atoms with E-state index in [4.69, 9.17) is 0 Å². The maximum Gasteiger partial charge on any atom is 0.342 e. The molecule has 0 amide bonds. The van der Waals surface area contributed by atoms with Gasteiger partial charge < -0.3 is 9.47 Å². The molecular weight excluding hydrogens is 266 g/mol. The topological polar surface area (TPSA) is 18.5 Å². The zero-order valence-corrected chi connectivity index (χ0v) is 8.55. The molecule has 100 valence electrons. The lowest BCUT2D eigenvalue weighted by molar-refractivity contribution is 0.0873. The van der Waals surface area contributed by atoms with E-state index in [9.17, 15) is 26.3 Å². The molecule has 0 saturated carbocycles. The predicted octanol–water partition coefficient (Wildman–Crippen LogP) is 3.95. The largest absolute Gasteiger partial charge is 0.455 e. The molecule has 2 nitrogen and oxygen atoms in total. The van der Waals surface area contributed by atoms with Crippen LogP contribution >= 0.6 is 0 Å². The standard InChI is InChI=1S/C10H6F6O2/c11-7(12)9(15)17-5-1-2-6(4-3-5)18-10(16)8(13)14/h1-6H. The van der Waals surface area contributed by atoms with Crippen molar-refractivity contribution in [1.82, 2.24) is 0 Å². The maximum absolute atomic E-state index is 12.4. The van der Waals surface area contributed by atoms with Crippen molar-refractivity contribution < 1.29 is 35.8 Å². The molecule has 1 aliphatic carbocycles. The van der Waals surface area contributed by atoms with Gasteiger partial charge in [-0.05, 0) is 24.3 Å². The molecule has 0 aromatic rings. The van der Waals surface area contributed by atoms with Gasteiger partial charge in [-0.2, -0.15) is 26.3 Å². The Balaban J connectivity index is 2.55. The van der Waals surface area contributed by atoms with E-state index < -0.39 is 36.4 Å². The second-order valence-electron chi connectivity index (χ2n) is 3.00. The van der Waals surface area contributed by atoms with Crippen LogP contribution in [0.5, 0.6) is 0 Å². The van der Waals surface area contributed by atoms with Crippen molar-refractivity contribution in [3.8, 4) is 0 Å². The molecule has 0 bridgehead atoms. The van der Waals surface area contributed by atoms with Crippen molar-refractivity contribution in [2.45, 2.75) is 12.2 Å². The van der Waals surface area contributed by atoms with Crippen molar-refractivity contribution in [2.75, 3.05) is 0 Å². The maximum atomic E-state index is 12.4. The third-order valence-corrected chi connectivity index (χ3v) is 1.76. The summed E-state index contributed by atoms with van der Waals surface area (Å²) in [4.78, 5) is 0. The van der Waals surface area contributed by atoms with Crippen molar-refractivity contribution in [3.63, 3.8) is 0 Å². The summed E-state index contributed by atoms with van der Waals surface area (Å²) in [6.45, 7) is 0. The Morgan fingerprint density at radius 3 is 1.11 bits per heavy atom.